The molecule has 0 radical (unpaired) electrons. The van der Waals surface area contributed by atoms with Gasteiger partial charge >= 0.3 is 0 Å². The van der Waals surface area contributed by atoms with Gasteiger partial charge in [0.05, 0.1) is 13.7 Å². The summed E-state index contributed by atoms with van der Waals surface area (Å²) in [5.41, 5.74) is 11.6. The second kappa shape index (κ2) is 9.87. The second-order valence-electron chi connectivity index (χ2n) is 9.78. The van der Waals surface area contributed by atoms with Gasteiger partial charge in [0.25, 0.3) is 0 Å². The number of ether oxygens (including phenoxy) is 2. The Balaban J connectivity index is 1.64. The zero-order chi connectivity index (χ0) is 21.7. The number of hydrogen-bond acceptors (Lipinski definition) is 3. The van der Waals surface area contributed by atoms with E-state index in [4.69, 9.17) is 15.2 Å². The highest BCUT2D eigenvalue weighted by Gasteiger charge is 2.22. The Labute approximate surface area is 183 Å². The number of nitrogens with two attached hydrogens (primary N) is 1. The van der Waals surface area contributed by atoms with Crippen molar-refractivity contribution in [3.8, 4) is 11.5 Å². The number of rotatable bonds is 8. The Bertz CT molecular complexity index is 837. The highest BCUT2D eigenvalue weighted by atomic mass is 16.5. The average molecular weight is 410 g/mol. The molecule has 1 aliphatic rings. The van der Waals surface area contributed by atoms with Gasteiger partial charge in [0.15, 0.2) is 0 Å². The molecule has 2 unspecified atom stereocenters. The predicted octanol–water partition coefficient (Wildman–Crippen LogP) is 6.02. The number of benzene rings is 2. The van der Waals surface area contributed by atoms with E-state index in [2.05, 4.69) is 52.0 Å². The molecule has 0 heterocycles. The van der Waals surface area contributed by atoms with Gasteiger partial charge in [0.1, 0.15) is 11.5 Å². The standard InChI is InChI=1S/C27H39NO2/c1-6-7-23(17-28)22-11-10-20-14-19(8-9-21(20)15-22)18-30-24-12-13-26(29-5)25(16-24)27(2,3)4/h10-13,15-16,19,23H,6-9,14,17-18,28H2,1-5H3. The third-order valence-corrected chi connectivity index (χ3v) is 6.42. The Morgan fingerprint density at radius 3 is 2.57 bits per heavy atom. The minimum Gasteiger partial charge on any atom is -0.496 e. The zero-order valence-corrected chi connectivity index (χ0v) is 19.5. The van der Waals surface area contributed by atoms with Crippen LogP contribution in [0.15, 0.2) is 36.4 Å². The molecule has 3 nitrogen and oxygen atoms in total. The fraction of sp³-hybridized carbons (Fsp3) is 0.556. The van der Waals surface area contributed by atoms with E-state index >= 15 is 0 Å². The summed E-state index contributed by atoms with van der Waals surface area (Å²) in [4.78, 5) is 0. The predicted molar refractivity (Wildman–Crippen MR) is 126 cm³/mol. The highest BCUT2D eigenvalue weighted by Crippen LogP contribution is 2.35. The Morgan fingerprint density at radius 1 is 1.10 bits per heavy atom. The van der Waals surface area contributed by atoms with Gasteiger partial charge in [-0.15, -0.1) is 0 Å². The van der Waals surface area contributed by atoms with Crippen LogP contribution in [0.2, 0.25) is 0 Å². The molecule has 1 aliphatic carbocycles. The molecule has 30 heavy (non-hydrogen) atoms. The monoisotopic (exact) mass is 409 g/mol. The van der Waals surface area contributed by atoms with Crippen molar-refractivity contribution in [2.24, 2.45) is 11.7 Å². The number of hydrogen-bond donors (Lipinski definition) is 1. The van der Waals surface area contributed by atoms with Crippen LogP contribution in [-0.4, -0.2) is 20.3 Å². The summed E-state index contributed by atoms with van der Waals surface area (Å²) in [6, 6.07) is 13.2. The highest BCUT2D eigenvalue weighted by molar-refractivity contribution is 5.44. The van der Waals surface area contributed by atoms with E-state index in [9.17, 15) is 0 Å². The lowest BCUT2D eigenvalue weighted by Gasteiger charge is -2.27. The van der Waals surface area contributed by atoms with Crippen LogP contribution in [-0.2, 0) is 18.3 Å². The minimum absolute atomic E-state index is 0.0192. The summed E-state index contributed by atoms with van der Waals surface area (Å²) in [7, 11) is 1.73. The first kappa shape index (κ1) is 22.7. The number of aryl methyl sites for hydroxylation is 1. The van der Waals surface area contributed by atoms with Gasteiger partial charge in [-0.3, -0.25) is 0 Å². The summed E-state index contributed by atoms with van der Waals surface area (Å²) in [5, 5.41) is 0. The van der Waals surface area contributed by atoms with E-state index in [1.165, 1.54) is 41.5 Å². The van der Waals surface area contributed by atoms with Crippen LogP contribution >= 0.6 is 0 Å². The topological polar surface area (TPSA) is 44.5 Å². The van der Waals surface area contributed by atoms with Crippen LogP contribution in [0, 0.1) is 5.92 Å². The van der Waals surface area contributed by atoms with Crippen LogP contribution in [0.4, 0.5) is 0 Å². The van der Waals surface area contributed by atoms with E-state index in [1.807, 2.05) is 12.1 Å². The third kappa shape index (κ3) is 5.37. The molecule has 3 heteroatoms. The molecular weight excluding hydrogens is 370 g/mol. The Morgan fingerprint density at radius 2 is 1.90 bits per heavy atom. The number of fused-ring (bicyclic) bond motifs is 1. The van der Waals surface area contributed by atoms with E-state index < -0.39 is 0 Å². The van der Waals surface area contributed by atoms with Crippen molar-refractivity contribution in [2.45, 2.75) is 71.1 Å². The molecule has 3 rings (SSSR count). The zero-order valence-electron chi connectivity index (χ0n) is 19.5. The lowest BCUT2D eigenvalue weighted by molar-refractivity contribution is 0.233. The number of methoxy groups -OCH3 is 1. The van der Waals surface area contributed by atoms with Crippen molar-refractivity contribution >= 4 is 0 Å². The van der Waals surface area contributed by atoms with E-state index in [1.54, 1.807) is 7.11 Å². The van der Waals surface area contributed by atoms with Crippen LogP contribution in [0.1, 0.15) is 75.1 Å². The van der Waals surface area contributed by atoms with Crippen LogP contribution < -0.4 is 15.2 Å². The molecule has 0 spiro atoms. The molecule has 164 valence electrons. The van der Waals surface area contributed by atoms with E-state index in [0.29, 0.717) is 11.8 Å². The minimum atomic E-state index is 0.0192. The van der Waals surface area contributed by atoms with Crippen molar-refractivity contribution < 1.29 is 9.47 Å². The third-order valence-electron chi connectivity index (χ3n) is 6.42. The largest absolute Gasteiger partial charge is 0.496 e. The van der Waals surface area contributed by atoms with Crippen molar-refractivity contribution in [1.29, 1.82) is 0 Å². The van der Waals surface area contributed by atoms with E-state index in [-0.39, 0.29) is 5.41 Å². The van der Waals surface area contributed by atoms with Gasteiger partial charge in [-0.05, 0) is 84.4 Å². The molecule has 0 aromatic heterocycles. The maximum atomic E-state index is 6.24. The van der Waals surface area contributed by atoms with Gasteiger partial charge < -0.3 is 15.2 Å². The molecule has 2 N–H and O–H groups in total. The first-order valence-electron chi connectivity index (χ1n) is 11.5. The smallest absolute Gasteiger partial charge is 0.122 e. The van der Waals surface area contributed by atoms with Gasteiger partial charge in [0.2, 0.25) is 0 Å². The molecule has 2 atom stereocenters. The summed E-state index contributed by atoms with van der Waals surface area (Å²) in [6.45, 7) is 10.4. The Kier molecular flexibility index (Phi) is 7.46. The van der Waals surface area contributed by atoms with Crippen molar-refractivity contribution in [1.82, 2.24) is 0 Å². The average Bonchev–Trinajstić information content (AvgIpc) is 2.74. The van der Waals surface area contributed by atoms with Gasteiger partial charge in [-0.25, -0.2) is 0 Å². The summed E-state index contributed by atoms with van der Waals surface area (Å²) < 4.78 is 11.8. The molecule has 0 amide bonds. The van der Waals surface area contributed by atoms with Crippen LogP contribution in [0.25, 0.3) is 0 Å². The van der Waals surface area contributed by atoms with Gasteiger partial charge in [-0.2, -0.15) is 0 Å². The van der Waals surface area contributed by atoms with Crippen molar-refractivity contribution in [3.05, 3.63) is 58.7 Å². The summed E-state index contributed by atoms with van der Waals surface area (Å²) in [5.74, 6) is 2.92. The van der Waals surface area contributed by atoms with Crippen molar-refractivity contribution in [2.75, 3.05) is 20.3 Å². The van der Waals surface area contributed by atoms with Crippen LogP contribution in [0.5, 0.6) is 11.5 Å². The lowest BCUT2D eigenvalue weighted by Crippen LogP contribution is -2.21. The maximum absolute atomic E-state index is 6.24. The fourth-order valence-electron chi connectivity index (χ4n) is 4.59. The SMILES string of the molecule is CCCC(CN)c1ccc2c(c1)CCC(COc1ccc(OC)c(C(C)(C)C)c1)C2. The molecule has 0 saturated heterocycles. The summed E-state index contributed by atoms with van der Waals surface area (Å²) in [6.07, 6.45) is 5.76. The maximum Gasteiger partial charge on any atom is 0.122 e. The van der Waals surface area contributed by atoms with Gasteiger partial charge in [-0.1, -0.05) is 52.3 Å². The van der Waals surface area contributed by atoms with Gasteiger partial charge in [0, 0.05) is 5.56 Å². The molecule has 0 aliphatic heterocycles. The summed E-state index contributed by atoms with van der Waals surface area (Å²) >= 11 is 0. The first-order valence-corrected chi connectivity index (χ1v) is 11.5. The second-order valence-corrected chi connectivity index (χ2v) is 9.78. The molecule has 2 aromatic rings. The first-order chi connectivity index (χ1) is 14.4. The fourth-order valence-corrected chi connectivity index (χ4v) is 4.59. The lowest BCUT2D eigenvalue weighted by atomic mass is 9.82. The molecular formula is C27H39NO2. The molecule has 2 aromatic carbocycles. The van der Waals surface area contributed by atoms with E-state index in [0.717, 1.165) is 37.5 Å². The van der Waals surface area contributed by atoms with Crippen molar-refractivity contribution in [3.63, 3.8) is 0 Å². The molecule has 0 saturated carbocycles. The Hall–Kier alpha value is -2.00. The quantitative estimate of drug-likeness (QED) is 0.580. The molecule has 0 fully saturated rings. The normalized spacial score (nSPS) is 17.3. The molecule has 0 bridgehead atoms. The van der Waals surface area contributed by atoms with Crippen LogP contribution in [0.3, 0.4) is 0 Å².